The summed E-state index contributed by atoms with van der Waals surface area (Å²) in [6.45, 7) is 5.06. The Labute approximate surface area is 180 Å². The number of nitrogens with zero attached hydrogens (tertiary/aromatic N) is 2. The van der Waals surface area contributed by atoms with Crippen molar-refractivity contribution in [2.24, 2.45) is 5.92 Å². The van der Waals surface area contributed by atoms with Gasteiger partial charge in [0, 0.05) is 24.7 Å². The number of methoxy groups -OCH3 is 2. The van der Waals surface area contributed by atoms with Crippen LogP contribution in [-0.2, 0) is 17.8 Å². The topological polar surface area (TPSA) is 92.8 Å². The number of fused-ring (bicyclic) bond motifs is 1. The van der Waals surface area contributed by atoms with Crippen molar-refractivity contribution in [3.05, 3.63) is 34.8 Å². The molecule has 0 bridgehead atoms. The summed E-state index contributed by atoms with van der Waals surface area (Å²) in [6.07, 6.45) is 2.88. The predicted molar refractivity (Wildman–Crippen MR) is 116 cm³/mol. The first kappa shape index (κ1) is 21.9. The molecule has 2 N–H and O–H groups in total. The first-order valence-corrected chi connectivity index (χ1v) is 10.8. The second kappa shape index (κ2) is 9.80. The number of carbonyl (C=O) groups is 2. The van der Waals surface area contributed by atoms with E-state index in [-0.39, 0.29) is 17.9 Å². The number of hydrogen-bond donors (Lipinski definition) is 2. The minimum Gasteiger partial charge on any atom is -0.493 e. The molecule has 1 unspecified atom stereocenters. The fourth-order valence-corrected chi connectivity index (χ4v) is 4.01. The van der Waals surface area contributed by atoms with Gasteiger partial charge in [-0.15, -0.1) is 11.3 Å². The lowest BCUT2D eigenvalue weighted by Gasteiger charge is -2.31. The smallest absolute Gasteiger partial charge is 0.318 e. The zero-order valence-corrected chi connectivity index (χ0v) is 18.5. The molecule has 0 radical (unpaired) electrons. The third-order valence-electron chi connectivity index (χ3n) is 4.99. The molecule has 2 aromatic rings. The highest BCUT2D eigenvalue weighted by Gasteiger charge is 2.28. The fourth-order valence-electron chi connectivity index (χ4n) is 3.48. The summed E-state index contributed by atoms with van der Waals surface area (Å²) in [6, 6.07) is 2.99. The fraction of sp³-hybridized carbons (Fsp3) is 0.476. The SMILES string of the molecule is COc1cc2c(cc1OC)CN(C(=O)NC(CC(C)C)C(=O)Nc1nccs1)CC2. The molecule has 1 aromatic carbocycles. The maximum atomic E-state index is 13.0. The summed E-state index contributed by atoms with van der Waals surface area (Å²) in [4.78, 5) is 31.5. The highest BCUT2D eigenvalue weighted by atomic mass is 32.1. The molecule has 162 valence electrons. The van der Waals surface area contributed by atoms with Crippen molar-refractivity contribution < 1.29 is 19.1 Å². The second-order valence-corrected chi connectivity index (χ2v) is 8.50. The molecular weight excluding hydrogens is 404 g/mol. The van der Waals surface area contributed by atoms with Crippen molar-refractivity contribution in [1.29, 1.82) is 0 Å². The molecule has 0 fully saturated rings. The number of anilines is 1. The van der Waals surface area contributed by atoms with Gasteiger partial charge in [-0.25, -0.2) is 9.78 Å². The van der Waals surface area contributed by atoms with Crippen LogP contribution in [0.2, 0.25) is 0 Å². The Morgan fingerprint density at radius 1 is 1.20 bits per heavy atom. The molecule has 1 aliphatic rings. The first-order valence-electron chi connectivity index (χ1n) is 9.90. The van der Waals surface area contributed by atoms with E-state index in [2.05, 4.69) is 15.6 Å². The number of urea groups is 1. The zero-order chi connectivity index (χ0) is 21.7. The van der Waals surface area contributed by atoms with Gasteiger partial charge < -0.3 is 25.0 Å². The average molecular weight is 433 g/mol. The van der Waals surface area contributed by atoms with Crippen molar-refractivity contribution in [3.63, 3.8) is 0 Å². The van der Waals surface area contributed by atoms with E-state index in [1.54, 1.807) is 30.7 Å². The maximum Gasteiger partial charge on any atom is 0.318 e. The first-order chi connectivity index (χ1) is 14.4. The standard InChI is InChI=1S/C21H28N4O4S/c1-13(2)9-16(19(26)24-20-22-6-8-30-20)23-21(27)25-7-5-14-10-17(28-3)18(29-4)11-15(14)12-25/h6,8,10-11,13,16H,5,7,9,12H2,1-4H3,(H,23,27)(H,22,24,26). The van der Waals surface area contributed by atoms with Crippen molar-refractivity contribution in [3.8, 4) is 11.5 Å². The van der Waals surface area contributed by atoms with E-state index in [4.69, 9.17) is 9.47 Å². The Morgan fingerprint density at radius 3 is 2.50 bits per heavy atom. The van der Waals surface area contributed by atoms with Gasteiger partial charge in [0.2, 0.25) is 5.91 Å². The molecule has 0 spiro atoms. The molecule has 9 heteroatoms. The van der Waals surface area contributed by atoms with Crippen molar-refractivity contribution >= 4 is 28.4 Å². The lowest BCUT2D eigenvalue weighted by Crippen LogP contribution is -2.51. The van der Waals surface area contributed by atoms with Crippen LogP contribution in [0.25, 0.3) is 0 Å². The molecule has 3 rings (SSSR count). The number of nitrogens with one attached hydrogen (secondary N) is 2. The van der Waals surface area contributed by atoms with Gasteiger partial charge in [0.25, 0.3) is 0 Å². The van der Waals surface area contributed by atoms with Crippen molar-refractivity contribution in [1.82, 2.24) is 15.2 Å². The van der Waals surface area contributed by atoms with E-state index >= 15 is 0 Å². The Kier molecular flexibility index (Phi) is 7.15. The van der Waals surface area contributed by atoms with Gasteiger partial charge in [-0.2, -0.15) is 0 Å². The Hall–Kier alpha value is -2.81. The number of aromatic nitrogens is 1. The summed E-state index contributed by atoms with van der Waals surface area (Å²) in [5, 5.41) is 8.01. The molecule has 2 heterocycles. The van der Waals surface area contributed by atoms with Crippen LogP contribution in [-0.4, -0.2) is 48.6 Å². The minimum absolute atomic E-state index is 0.246. The van der Waals surface area contributed by atoms with E-state index in [9.17, 15) is 9.59 Å². The summed E-state index contributed by atoms with van der Waals surface area (Å²) < 4.78 is 10.8. The van der Waals surface area contributed by atoms with Gasteiger partial charge in [0.05, 0.1) is 14.2 Å². The molecule has 1 atom stereocenters. The van der Waals surface area contributed by atoms with Gasteiger partial charge in [-0.05, 0) is 42.0 Å². The zero-order valence-electron chi connectivity index (χ0n) is 17.7. The van der Waals surface area contributed by atoms with Gasteiger partial charge in [0.15, 0.2) is 16.6 Å². The molecule has 0 saturated heterocycles. The molecule has 0 aliphatic carbocycles. The van der Waals surface area contributed by atoms with Gasteiger partial charge in [-0.3, -0.25) is 4.79 Å². The molecule has 1 aromatic heterocycles. The Morgan fingerprint density at radius 2 is 1.90 bits per heavy atom. The summed E-state index contributed by atoms with van der Waals surface area (Å²) in [7, 11) is 3.20. The number of ether oxygens (including phenoxy) is 2. The highest BCUT2D eigenvalue weighted by molar-refractivity contribution is 7.13. The van der Waals surface area contributed by atoms with Crippen LogP contribution < -0.4 is 20.1 Å². The number of rotatable bonds is 7. The summed E-state index contributed by atoms with van der Waals surface area (Å²) in [5.74, 6) is 1.32. The van der Waals surface area contributed by atoms with Crippen LogP contribution >= 0.6 is 11.3 Å². The monoisotopic (exact) mass is 432 g/mol. The minimum atomic E-state index is -0.631. The molecule has 8 nitrogen and oxygen atoms in total. The molecule has 0 saturated carbocycles. The van der Waals surface area contributed by atoms with Crippen LogP contribution in [0, 0.1) is 5.92 Å². The molecule has 3 amide bonds. The van der Waals surface area contributed by atoms with Crippen LogP contribution in [0.15, 0.2) is 23.7 Å². The quantitative estimate of drug-likeness (QED) is 0.700. The van der Waals surface area contributed by atoms with Gasteiger partial charge in [-0.1, -0.05) is 13.8 Å². The predicted octanol–water partition coefficient (Wildman–Crippen LogP) is 3.28. The number of carbonyl (C=O) groups excluding carboxylic acids is 2. The summed E-state index contributed by atoms with van der Waals surface area (Å²) in [5.41, 5.74) is 2.15. The largest absolute Gasteiger partial charge is 0.493 e. The van der Waals surface area contributed by atoms with E-state index in [0.717, 1.165) is 11.1 Å². The molecular formula is C21H28N4O4S. The maximum absolute atomic E-state index is 13.0. The third-order valence-corrected chi connectivity index (χ3v) is 5.68. The molecule has 30 heavy (non-hydrogen) atoms. The van der Waals surface area contributed by atoms with Crippen LogP contribution in [0.4, 0.5) is 9.93 Å². The van der Waals surface area contributed by atoms with Crippen LogP contribution in [0.3, 0.4) is 0 Å². The van der Waals surface area contributed by atoms with Crippen LogP contribution in [0.5, 0.6) is 11.5 Å². The lowest BCUT2D eigenvalue weighted by atomic mass is 9.99. The van der Waals surface area contributed by atoms with Gasteiger partial charge in [0.1, 0.15) is 6.04 Å². The average Bonchev–Trinajstić information content (AvgIpc) is 3.24. The van der Waals surface area contributed by atoms with Crippen molar-refractivity contribution in [2.75, 3.05) is 26.1 Å². The number of benzene rings is 1. The van der Waals surface area contributed by atoms with Crippen molar-refractivity contribution in [2.45, 2.75) is 39.3 Å². The van der Waals surface area contributed by atoms with E-state index < -0.39 is 6.04 Å². The number of amides is 3. The third kappa shape index (κ3) is 5.21. The van der Waals surface area contributed by atoms with E-state index in [1.165, 1.54) is 11.3 Å². The number of hydrogen-bond acceptors (Lipinski definition) is 6. The highest BCUT2D eigenvalue weighted by Crippen LogP contribution is 2.33. The normalized spacial score (nSPS) is 14.1. The summed E-state index contributed by atoms with van der Waals surface area (Å²) >= 11 is 1.34. The second-order valence-electron chi connectivity index (χ2n) is 7.61. The van der Waals surface area contributed by atoms with Gasteiger partial charge >= 0.3 is 6.03 Å². The van der Waals surface area contributed by atoms with E-state index in [0.29, 0.717) is 42.6 Å². The van der Waals surface area contributed by atoms with E-state index in [1.807, 2.05) is 26.0 Å². The lowest BCUT2D eigenvalue weighted by molar-refractivity contribution is -0.118. The molecule has 1 aliphatic heterocycles. The van der Waals surface area contributed by atoms with Crippen LogP contribution in [0.1, 0.15) is 31.4 Å². The number of thiazole rings is 1. The Bertz CT molecular complexity index is 885. The Balaban J connectivity index is 1.69.